The Morgan fingerprint density at radius 3 is 1.93 bits per heavy atom. The number of hydrogen-bond donors (Lipinski definition) is 0. The quantitative estimate of drug-likeness (QED) is 0.442. The SMILES string of the molecule is FC(F)(F)c1cnc(On2nnc3ccccc32)nc1On1nnc2ccccc21. The van der Waals surface area contributed by atoms with Crippen LogP contribution in [0.2, 0.25) is 0 Å². The summed E-state index contributed by atoms with van der Waals surface area (Å²) in [6.07, 6.45) is -4.22. The zero-order chi connectivity index (χ0) is 20.7. The molecule has 0 amide bonds. The molecule has 0 atom stereocenters. The molecule has 0 saturated carbocycles. The van der Waals surface area contributed by atoms with E-state index < -0.39 is 23.6 Å². The normalized spacial score (nSPS) is 11.8. The summed E-state index contributed by atoms with van der Waals surface area (Å²) >= 11 is 0. The van der Waals surface area contributed by atoms with Crippen molar-refractivity contribution in [2.75, 3.05) is 0 Å². The molecule has 2 aromatic carbocycles. The fourth-order valence-electron chi connectivity index (χ4n) is 2.65. The predicted octanol–water partition coefficient (Wildman–Crippen LogP) is 2.67. The van der Waals surface area contributed by atoms with Gasteiger partial charge < -0.3 is 9.68 Å². The van der Waals surface area contributed by atoms with Crippen LogP contribution in [0, 0.1) is 0 Å². The molecular weight excluding hydrogens is 405 g/mol. The van der Waals surface area contributed by atoms with Crippen molar-refractivity contribution in [3.05, 3.63) is 60.3 Å². The Balaban J connectivity index is 1.54. The summed E-state index contributed by atoms with van der Waals surface area (Å²) in [6, 6.07) is 13.0. The zero-order valence-corrected chi connectivity index (χ0v) is 14.7. The molecular formula is C17H9F3N8O2. The Morgan fingerprint density at radius 1 is 0.767 bits per heavy atom. The van der Waals surface area contributed by atoms with Crippen molar-refractivity contribution in [1.29, 1.82) is 0 Å². The molecule has 0 spiro atoms. The molecule has 3 aromatic heterocycles. The molecule has 30 heavy (non-hydrogen) atoms. The largest absolute Gasteiger partial charge is 0.423 e. The van der Waals surface area contributed by atoms with Gasteiger partial charge in [-0.25, -0.2) is 4.98 Å². The van der Waals surface area contributed by atoms with Crippen molar-refractivity contribution in [1.82, 2.24) is 40.3 Å². The fourth-order valence-corrected chi connectivity index (χ4v) is 2.65. The second-order valence-corrected chi connectivity index (χ2v) is 5.95. The summed E-state index contributed by atoms with van der Waals surface area (Å²) in [5.74, 6) is -0.812. The average Bonchev–Trinajstić information content (AvgIpc) is 3.32. The second-order valence-electron chi connectivity index (χ2n) is 5.95. The minimum absolute atomic E-state index is 0.356. The molecule has 0 radical (unpaired) electrons. The highest BCUT2D eigenvalue weighted by atomic mass is 19.4. The van der Waals surface area contributed by atoms with Gasteiger partial charge in [0.05, 0.1) is 6.20 Å². The van der Waals surface area contributed by atoms with Crippen molar-refractivity contribution >= 4 is 22.1 Å². The second kappa shape index (κ2) is 6.65. The number of nitrogens with zero attached hydrogens (tertiary/aromatic N) is 8. The predicted molar refractivity (Wildman–Crippen MR) is 94.1 cm³/mol. The molecule has 0 unspecified atom stereocenters. The van der Waals surface area contributed by atoms with Crippen LogP contribution < -0.4 is 9.68 Å². The first-order valence-electron chi connectivity index (χ1n) is 8.41. The van der Waals surface area contributed by atoms with Gasteiger partial charge >= 0.3 is 12.2 Å². The Hall–Kier alpha value is -4.29. The molecule has 10 nitrogen and oxygen atoms in total. The topological polar surface area (TPSA) is 106 Å². The lowest BCUT2D eigenvalue weighted by molar-refractivity contribution is -0.140. The molecule has 0 aliphatic carbocycles. The molecule has 0 fully saturated rings. The van der Waals surface area contributed by atoms with E-state index >= 15 is 0 Å². The highest BCUT2D eigenvalue weighted by Gasteiger charge is 2.37. The van der Waals surface area contributed by atoms with Crippen LogP contribution in [0.1, 0.15) is 5.56 Å². The molecule has 0 saturated heterocycles. The van der Waals surface area contributed by atoms with E-state index in [0.717, 1.165) is 9.69 Å². The number of hydrogen-bond acceptors (Lipinski definition) is 8. The third-order valence-corrected chi connectivity index (χ3v) is 4.02. The van der Waals surface area contributed by atoms with E-state index in [9.17, 15) is 13.2 Å². The van der Waals surface area contributed by atoms with Crippen LogP contribution in [0.25, 0.3) is 22.1 Å². The first-order chi connectivity index (χ1) is 14.5. The van der Waals surface area contributed by atoms with Gasteiger partial charge in [0.15, 0.2) is 0 Å². The third-order valence-electron chi connectivity index (χ3n) is 4.02. The average molecular weight is 414 g/mol. The molecule has 3 heterocycles. The number of para-hydroxylation sites is 2. The number of benzene rings is 2. The molecule has 5 rings (SSSR count). The van der Waals surface area contributed by atoms with Crippen molar-refractivity contribution in [3.63, 3.8) is 0 Å². The third kappa shape index (κ3) is 3.11. The summed E-state index contributed by atoms with van der Waals surface area (Å²) in [5, 5.41) is 15.2. The minimum atomic E-state index is -4.77. The number of fused-ring (bicyclic) bond motifs is 2. The van der Waals surface area contributed by atoms with E-state index in [1.807, 2.05) is 0 Å². The summed E-state index contributed by atoms with van der Waals surface area (Å²) in [7, 11) is 0. The summed E-state index contributed by atoms with van der Waals surface area (Å²) in [5.41, 5.74) is 0.582. The first-order valence-corrected chi connectivity index (χ1v) is 8.41. The van der Waals surface area contributed by atoms with Gasteiger partial charge in [0.1, 0.15) is 27.6 Å². The van der Waals surface area contributed by atoms with Crippen LogP contribution in [0.5, 0.6) is 11.9 Å². The monoisotopic (exact) mass is 414 g/mol. The van der Waals surface area contributed by atoms with Gasteiger partial charge in [-0.3, -0.25) is 0 Å². The number of alkyl halides is 3. The molecule has 13 heteroatoms. The smallest absolute Gasteiger partial charge is 0.335 e. The molecule has 0 bridgehead atoms. The Labute approximate surface area is 164 Å². The lowest BCUT2D eigenvalue weighted by Gasteiger charge is -2.12. The molecule has 150 valence electrons. The van der Waals surface area contributed by atoms with Crippen LogP contribution >= 0.6 is 0 Å². The van der Waals surface area contributed by atoms with Gasteiger partial charge in [-0.05, 0) is 34.7 Å². The Bertz CT molecular complexity index is 1360. The number of halogens is 3. The summed E-state index contributed by atoms with van der Waals surface area (Å²) in [6.45, 7) is 0. The highest BCUT2D eigenvalue weighted by molar-refractivity contribution is 5.74. The number of rotatable bonds is 4. The van der Waals surface area contributed by atoms with Crippen molar-refractivity contribution in [3.8, 4) is 11.9 Å². The van der Waals surface area contributed by atoms with Gasteiger partial charge in [-0.2, -0.15) is 18.2 Å². The van der Waals surface area contributed by atoms with Crippen LogP contribution in [-0.4, -0.2) is 40.3 Å². The standard InChI is InChI=1S/C17H9F3N8O2/c18-17(19,20)10-9-21-16(30-28-14-8-4-2-6-12(14)24-26-28)22-15(10)29-27-13-7-3-1-5-11(13)23-25-27/h1-9H. The molecule has 0 N–H and O–H groups in total. The maximum Gasteiger partial charge on any atom is 0.423 e. The van der Waals surface area contributed by atoms with Crippen LogP contribution in [0.15, 0.2) is 54.7 Å². The minimum Gasteiger partial charge on any atom is -0.335 e. The molecule has 5 aromatic rings. The maximum absolute atomic E-state index is 13.4. The molecule has 0 aliphatic heterocycles. The van der Waals surface area contributed by atoms with E-state index in [1.165, 1.54) is 0 Å². The van der Waals surface area contributed by atoms with Crippen LogP contribution in [0.4, 0.5) is 13.2 Å². The van der Waals surface area contributed by atoms with Crippen molar-refractivity contribution in [2.24, 2.45) is 0 Å². The summed E-state index contributed by atoms with van der Waals surface area (Å²) in [4.78, 5) is 19.8. The van der Waals surface area contributed by atoms with E-state index in [4.69, 9.17) is 9.68 Å². The van der Waals surface area contributed by atoms with E-state index in [1.54, 1.807) is 48.5 Å². The maximum atomic E-state index is 13.4. The van der Waals surface area contributed by atoms with E-state index in [2.05, 4.69) is 30.6 Å². The van der Waals surface area contributed by atoms with Crippen molar-refractivity contribution in [2.45, 2.75) is 6.18 Å². The van der Waals surface area contributed by atoms with E-state index in [-0.39, 0.29) is 0 Å². The molecule has 0 aliphatic rings. The Kier molecular flexibility index (Phi) is 3.94. The lowest BCUT2D eigenvalue weighted by atomic mass is 10.3. The fraction of sp³-hybridized carbons (Fsp3) is 0.0588. The van der Waals surface area contributed by atoms with Gasteiger partial charge in [0.25, 0.3) is 5.88 Å². The lowest BCUT2D eigenvalue weighted by Crippen LogP contribution is -2.17. The van der Waals surface area contributed by atoms with Crippen LogP contribution in [-0.2, 0) is 6.18 Å². The summed E-state index contributed by atoms with van der Waals surface area (Å²) < 4.78 is 40.3. The highest BCUT2D eigenvalue weighted by Crippen LogP contribution is 2.35. The van der Waals surface area contributed by atoms with Gasteiger partial charge in [0.2, 0.25) is 0 Å². The van der Waals surface area contributed by atoms with Gasteiger partial charge in [0, 0.05) is 0 Å². The van der Waals surface area contributed by atoms with Crippen molar-refractivity contribution < 1.29 is 22.8 Å². The first kappa shape index (κ1) is 17.8. The van der Waals surface area contributed by atoms with E-state index in [0.29, 0.717) is 28.3 Å². The number of aromatic nitrogens is 8. The van der Waals surface area contributed by atoms with Gasteiger partial charge in [-0.1, -0.05) is 34.0 Å². The van der Waals surface area contributed by atoms with Crippen LogP contribution in [0.3, 0.4) is 0 Å². The zero-order valence-electron chi connectivity index (χ0n) is 14.7. The van der Waals surface area contributed by atoms with Gasteiger partial charge in [-0.15, -0.1) is 10.2 Å². The Morgan fingerprint density at radius 2 is 1.33 bits per heavy atom.